The summed E-state index contributed by atoms with van der Waals surface area (Å²) in [6, 6.07) is 0. The van der Waals surface area contributed by atoms with Gasteiger partial charge >= 0.3 is 17.9 Å². The smallest absolute Gasteiger partial charge is 0.306 e. The van der Waals surface area contributed by atoms with Crippen LogP contribution in [0.15, 0.2) is 97.2 Å². The number of unbranched alkanes of at least 4 members (excludes halogenated alkanes) is 24. The average molecular weight is 889 g/mol. The van der Waals surface area contributed by atoms with E-state index in [2.05, 4.69) is 57.2 Å². The van der Waals surface area contributed by atoms with Gasteiger partial charge in [0.05, 0.1) is 0 Å². The summed E-state index contributed by atoms with van der Waals surface area (Å²) in [6.45, 7) is 6.39. The first-order chi connectivity index (χ1) is 31.5. The van der Waals surface area contributed by atoms with Crippen molar-refractivity contribution in [3.05, 3.63) is 97.2 Å². The van der Waals surface area contributed by atoms with Crippen molar-refractivity contribution < 1.29 is 28.6 Å². The largest absolute Gasteiger partial charge is 0.462 e. The number of rotatable bonds is 46. The van der Waals surface area contributed by atoms with Crippen molar-refractivity contribution in [3.8, 4) is 0 Å². The number of carbonyl (C=O) groups is 3. The molecule has 0 amide bonds. The standard InChI is InChI=1S/C58H96O6/c1-4-7-10-13-16-19-22-24-26-28-29-31-32-34-36-39-42-45-48-51-57(60)63-54-55(53-62-56(59)50-47-44-41-38-21-18-15-12-9-6-3)64-58(61)52-49-46-43-40-37-35-33-30-27-25-23-20-17-14-11-8-5-2/h8,11,14-15,17-18,20,23,25,27-30,33,35,37,55H,4-7,9-10,12-13,16,19,21-22,24,26,31-32,34,36,38-54H2,1-3H3/b11-8-,17-14-,18-15-,23-20-,27-25-,29-28-,33-30+,37-35-. The Hall–Kier alpha value is -3.67. The molecule has 0 rings (SSSR count). The maximum atomic E-state index is 12.8. The van der Waals surface area contributed by atoms with Crippen molar-refractivity contribution in [2.24, 2.45) is 0 Å². The molecule has 0 N–H and O–H groups in total. The quantitative estimate of drug-likeness (QED) is 0.0199. The molecule has 64 heavy (non-hydrogen) atoms. The fraction of sp³-hybridized carbons (Fsp3) is 0.672. The lowest BCUT2D eigenvalue weighted by molar-refractivity contribution is -0.167. The molecule has 0 spiro atoms. The molecular formula is C58H96O6. The third-order valence-electron chi connectivity index (χ3n) is 11.0. The van der Waals surface area contributed by atoms with Crippen LogP contribution in [-0.2, 0) is 28.6 Å². The Morgan fingerprint density at radius 1 is 0.328 bits per heavy atom. The van der Waals surface area contributed by atoms with Crippen molar-refractivity contribution in [2.75, 3.05) is 13.2 Å². The average Bonchev–Trinajstić information content (AvgIpc) is 3.29. The molecule has 6 heteroatoms. The zero-order valence-electron chi connectivity index (χ0n) is 41.5. The first-order valence-corrected chi connectivity index (χ1v) is 26.3. The van der Waals surface area contributed by atoms with Crippen molar-refractivity contribution in [3.63, 3.8) is 0 Å². The van der Waals surface area contributed by atoms with Gasteiger partial charge in [-0.15, -0.1) is 0 Å². The van der Waals surface area contributed by atoms with Crippen LogP contribution in [0.5, 0.6) is 0 Å². The molecule has 1 unspecified atom stereocenters. The Morgan fingerprint density at radius 2 is 0.641 bits per heavy atom. The van der Waals surface area contributed by atoms with Gasteiger partial charge in [-0.1, -0.05) is 227 Å². The van der Waals surface area contributed by atoms with Gasteiger partial charge in [0.2, 0.25) is 0 Å². The summed E-state index contributed by atoms with van der Waals surface area (Å²) in [5.41, 5.74) is 0. The van der Waals surface area contributed by atoms with Crippen LogP contribution in [0.25, 0.3) is 0 Å². The van der Waals surface area contributed by atoms with Crippen molar-refractivity contribution in [1.29, 1.82) is 0 Å². The maximum absolute atomic E-state index is 12.8. The summed E-state index contributed by atoms with van der Waals surface area (Å²) in [7, 11) is 0. The van der Waals surface area contributed by atoms with Crippen LogP contribution < -0.4 is 0 Å². The van der Waals surface area contributed by atoms with E-state index in [0.717, 1.165) is 83.5 Å². The van der Waals surface area contributed by atoms with Gasteiger partial charge < -0.3 is 14.2 Å². The summed E-state index contributed by atoms with van der Waals surface area (Å²) >= 11 is 0. The Labute approximate surface area is 394 Å². The van der Waals surface area contributed by atoms with Crippen LogP contribution in [0, 0.1) is 0 Å². The van der Waals surface area contributed by atoms with E-state index in [1.165, 1.54) is 103 Å². The highest BCUT2D eigenvalue weighted by Gasteiger charge is 2.19. The van der Waals surface area contributed by atoms with E-state index >= 15 is 0 Å². The summed E-state index contributed by atoms with van der Waals surface area (Å²) in [4.78, 5) is 37.9. The van der Waals surface area contributed by atoms with Crippen LogP contribution in [0.1, 0.15) is 233 Å². The van der Waals surface area contributed by atoms with E-state index in [9.17, 15) is 14.4 Å². The normalized spacial score (nSPS) is 12.9. The predicted molar refractivity (Wildman–Crippen MR) is 274 cm³/mol. The Balaban J connectivity index is 4.44. The Kier molecular flexibility index (Phi) is 49.0. The van der Waals surface area contributed by atoms with Crippen molar-refractivity contribution >= 4 is 17.9 Å². The van der Waals surface area contributed by atoms with Crippen molar-refractivity contribution in [1.82, 2.24) is 0 Å². The number of hydrogen-bond donors (Lipinski definition) is 0. The second-order valence-electron chi connectivity index (χ2n) is 17.2. The molecule has 0 heterocycles. The van der Waals surface area contributed by atoms with Crippen LogP contribution >= 0.6 is 0 Å². The molecule has 0 radical (unpaired) electrons. The van der Waals surface area contributed by atoms with Gasteiger partial charge in [0.15, 0.2) is 6.10 Å². The van der Waals surface area contributed by atoms with Crippen molar-refractivity contribution in [2.45, 2.75) is 239 Å². The Bertz CT molecular complexity index is 1300. The van der Waals surface area contributed by atoms with Crippen LogP contribution in [0.3, 0.4) is 0 Å². The summed E-state index contributed by atoms with van der Waals surface area (Å²) < 4.78 is 16.7. The molecule has 0 aliphatic carbocycles. The fourth-order valence-electron chi connectivity index (χ4n) is 6.98. The first-order valence-electron chi connectivity index (χ1n) is 26.3. The van der Waals surface area contributed by atoms with Crippen LogP contribution in [0.4, 0.5) is 0 Å². The molecule has 0 aromatic heterocycles. The van der Waals surface area contributed by atoms with E-state index in [1.54, 1.807) is 0 Å². The second-order valence-corrected chi connectivity index (χ2v) is 17.2. The number of ether oxygens (including phenoxy) is 3. The van der Waals surface area contributed by atoms with E-state index < -0.39 is 6.10 Å². The third-order valence-corrected chi connectivity index (χ3v) is 11.0. The predicted octanol–water partition coefficient (Wildman–Crippen LogP) is 17.4. The minimum Gasteiger partial charge on any atom is -0.462 e. The number of carbonyl (C=O) groups excluding carboxylic acids is 3. The van der Waals surface area contributed by atoms with Gasteiger partial charge in [-0.3, -0.25) is 14.4 Å². The SMILES string of the molecule is CC\C=C/C=C\C=C/C=C\C=C\C=C/CCCCCC(=O)OC(COC(=O)CCCCCC/C=C\CCCC)COC(=O)CCCCCCCCC/C=C\CCCCCCCCCC. The van der Waals surface area contributed by atoms with E-state index in [0.29, 0.717) is 19.3 Å². The highest BCUT2D eigenvalue weighted by Crippen LogP contribution is 2.14. The highest BCUT2D eigenvalue weighted by atomic mass is 16.6. The molecule has 0 aromatic carbocycles. The fourth-order valence-corrected chi connectivity index (χ4v) is 6.98. The Morgan fingerprint density at radius 3 is 1.06 bits per heavy atom. The highest BCUT2D eigenvalue weighted by molar-refractivity contribution is 5.71. The van der Waals surface area contributed by atoms with Gasteiger partial charge in [0.1, 0.15) is 13.2 Å². The molecule has 6 nitrogen and oxygen atoms in total. The monoisotopic (exact) mass is 889 g/mol. The molecule has 364 valence electrons. The summed E-state index contributed by atoms with van der Waals surface area (Å²) in [5, 5.41) is 0. The van der Waals surface area contributed by atoms with E-state index in [-0.39, 0.29) is 37.5 Å². The molecule has 0 saturated carbocycles. The molecular weight excluding hydrogens is 793 g/mol. The van der Waals surface area contributed by atoms with Gasteiger partial charge in [-0.25, -0.2) is 0 Å². The zero-order chi connectivity index (χ0) is 46.5. The van der Waals surface area contributed by atoms with E-state index in [4.69, 9.17) is 14.2 Å². The summed E-state index contributed by atoms with van der Waals surface area (Å²) in [6.07, 6.45) is 68.2. The maximum Gasteiger partial charge on any atom is 0.306 e. The lowest BCUT2D eigenvalue weighted by Crippen LogP contribution is -2.30. The minimum absolute atomic E-state index is 0.103. The van der Waals surface area contributed by atoms with Crippen LogP contribution in [-0.4, -0.2) is 37.2 Å². The molecule has 0 bridgehead atoms. The lowest BCUT2D eigenvalue weighted by Gasteiger charge is -2.18. The molecule has 0 aromatic rings. The second kappa shape index (κ2) is 52.0. The van der Waals surface area contributed by atoms with E-state index in [1.807, 2.05) is 60.8 Å². The minimum atomic E-state index is -0.807. The topological polar surface area (TPSA) is 78.9 Å². The molecule has 0 fully saturated rings. The van der Waals surface area contributed by atoms with Gasteiger partial charge in [0, 0.05) is 19.3 Å². The third kappa shape index (κ3) is 49.3. The summed E-state index contributed by atoms with van der Waals surface area (Å²) in [5.74, 6) is -0.968. The van der Waals surface area contributed by atoms with Gasteiger partial charge in [-0.2, -0.15) is 0 Å². The van der Waals surface area contributed by atoms with Gasteiger partial charge in [-0.05, 0) is 83.5 Å². The zero-order valence-corrected chi connectivity index (χ0v) is 41.5. The number of esters is 3. The molecule has 0 aliphatic rings. The first kappa shape index (κ1) is 60.3. The lowest BCUT2D eigenvalue weighted by atomic mass is 10.1. The molecule has 0 aliphatic heterocycles. The van der Waals surface area contributed by atoms with Crippen LogP contribution in [0.2, 0.25) is 0 Å². The number of hydrogen-bond acceptors (Lipinski definition) is 6. The van der Waals surface area contributed by atoms with Gasteiger partial charge in [0.25, 0.3) is 0 Å². The molecule has 1 atom stereocenters. The number of allylic oxidation sites excluding steroid dienone is 16. The molecule has 0 saturated heterocycles.